The summed E-state index contributed by atoms with van der Waals surface area (Å²) in [5, 5.41) is 24.8. The number of anilines is 2. The van der Waals surface area contributed by atoms with Gasteiger partial charge in [-0.05, 0) is 254 Å². The van der Waals surface area contributed by atoms with Gasteiger partial charge in [-0.1, -0.05) is 195 Å². The third-order valence-electron chi connectivity index (χ3n) is 15.2. The zero-order valence-corrected chi connectivity index (χ0v) is 102. The molecule has 4 N–H and O–H groups in total. The molecule has 3 rings (SSSR count). The normalized spacial score (nSPS) is 14.9. The van der Waals surface area contributed by atoms with E-state index in [9.17, 15) is 43.8 Å². The molecule has 7 atom stereocenters. The van der Waals surface area contributed by atoms with Crippen molar-refractivity contribution in [3.05, 3.63) is 146 Å². The van der Waals surface area contributed by atoms with Crippen molar-refractivity contribution in [2.75, 3.05) is 136 Å². The summed E-state index contributed by atoms with van der Waals surface area (Å²) >= 11 is 30.9. The second kappa shape index (κ2) is 75.5. The van der Waals surface area contributed by atoms with Crippen LogP contribution in [0.2, 0.25) is 0 Å². The summed E-state index contributed by atoms with van der Waals surface area (Å²) in [7, 11) is 0. The van der Waals surface area contributed by atoms with Crippen molar-refractivity contribution >= 4 is 196 Å². The van der Waals surface area contributed by atoms with Crippen molar-refractivity contribution in [1.82, 2.24) is 0 Å². The molecular formula is C99H157Br9N2O33. The van der Waals surface area contributed by atoms with Crippen LogP contribution in [0.15, 0.2) is 146 Å². The van der Waals surface area contributed by atoms with E-state index in [0.717, 1.165) is 6.42 Å². The highest BCUT2D eigenvalue weighted by Crippen LogP contribution is 2.30. The second-order valence-electron chi connectivity index (χ2n) is 38.5. The second-order valence-corrected chi connectivity index (χ2v) is 57.9. The van der Waals surface area contributed by atoms with Gasteiger partial charge in [-0.15, -0.1) is 6.58 Å². The van der Waals surface area contributed by atoms with Crippen LogP contribution in [-0.2, 0) is 140 Å². The monoisotopic (exact) mass is 2610 g/mol. The molecule has 824 valence electrons. The summed E-state index contributed by atoms with van der Waals surface area (Å²) < 4.78 is 28.7. The van der Waals surface area contributed by atoms with E-state index in [1.54, 1.807) is 103 Å². The van der Waals surface area contributed by atoms with Gasteiger partial charge in [-0.25, -0.2) is 92.4 Å². The van der Waals surface area contributed by atoms with E-state index in [1.807, 2.05) is 125 Å². The molecule has 35 nitrogen and oxygen atoms in total. The molecule has 0 aromatic heterocycles. The van der Waals surface area contributed by atoms with Gasteiger partial charge in [-0.2, -0.15) is 9.78 Å². The van der Waals surface area contributed by atoms with E-state index in [0.29, 0.717) is 142 Å². The Morgan fingerprint density at radius 1 is 0.364 bits per heavy atom. The van der Waals surface area contributed by atoms with Crippen molar-refractivity contribution in [3.8, 4) is 11.5 Å². The largest absolute Gasteiger partial charge is 0.460 e. The molecule has 1 saturated carbocycles. The Morgan fingerprint density at radius 2 is 0.671 bits per heavy atom. The molecular weight excluding hydrogens is 2460 g/mol. The lowest BCUT2D eigenvalue weighted by molar-refractivity contribution is -0.401. The lowest BCUT2D eigenvalue weighted by Crippen LogP contribution is -2.41. The molecule has 1 aliphatic rings. The van der Waals surface area contributed by atoms with Crippen molar-refractivity contribution in [3.63, 3.8) is 0 Å². The number of ether oxygens (including phenoxy) is 6. The fourth-order valence-corrected chi connectivity index (χ4v) is 8.70. The van der Waals surface area contributed by atoms with Gasteiger partial charge in [0.15, 0.2) is 29.3 Å². The zero-order chi connectivity index (χ0) is 111. The van der Waals surface area contributed by atoms with Crippen LogP contribution in [0.1, 0.15) is 199 Å². The molecule has 7 unspecified atom stereocenters. The van der Waals surface area contributed by atoms with Gasteiger partial charge in [0.2, 0.25) is 0 Å². The number of alkyl halides is 9. The van der Waals surface area contributed by atoms with Crippen molar-refractivity contribution in [2.24, 2.45) is 5.92 Å². The fraction of sp³-hybridized carbons (Fsp3) is 0.646. The molecule has 2 amide bonds. The quantitative estimate of drug-likeness (QED) is 0.00698. The predicted octanol–water partition coefficient (Wildman–Crippen LogP) is 22.3. The minimum absolute atomic E-state index is 0.0161. The van der Waals surface area contributed by atoms with E-state index in [-0.39, 0.29) is 115 Å². The van der Waals surface area contributed by atoms with Crippen LogP contribution in [0.5, 0.6) is 11.5 Å². The van der Waals surface area contributed by atoms with Crippen LogP contribution < -0.4 is 20.4 Å². The number of esters is 5. The summed E-state index contributed by atoms with van der Waals surface area (Å²) in [4.78, 5) is 172. The van der Waals surface area contributed by atoms with Crippen LogP contribution in [0.3, 0.4) is 0 Å². The maximum Gasteiger partial charge on any atom is 0.333 e. The van der Waals surface area contributed by atoms with E-state index in [1.165, 1.54) is 6.92 Å². The number of rotatable bonds is 62. The van der Waals surface area contributed by atoms with Crippen LogP contribution in [0.25, 0.3) is 0 Å². The Labute approximate surface area is 922 Å². The summed E-state index contributed by atoms with van der Waals surface area (Å²) in [6.07, 6.45) is 0.450. The van der Waals surface area contributed by atoms with Crippen LogP contribution >= 0.6 is 143 Å². The van der Waals surface area contributed by atoms with Gasteiger partial charge in [-0.3, -0.25) is 9.59 Å². The Hall–Kier alpha value is -4.19. The smallest absolute Gasteiger partial charge is 0.333 e. The first-order valence-corrected chi connectivity index (χ1v) is 52.0. The van der Waals surface area contributed by atoms with Crippen LogP contribution in [0.4, 0.5) is 11.4 Å². The standard InChI is InChI=1S/C16H28Br2O6.C15H26Br2O6.C15H25BrO5.2C14H18BrNO3.C14H23BrO5.C11H19BrO5/c1-12(2)13(19)20-10-16(7,24-23-9-15(5,6)18)11-22-21-8-14(3,4)17;1-11(2)13(18)19-7-12(23-22-10-15(5,6)17)8-20-21-9-14(3,4)16;1-10(2)14(18)21-13-6-5-11(7-12(13)17)8-19-20-9-15(3,4)16;2*1-10(2)13(17)16-11-5-7-12(8-6-11)19-18-9-14(3,4)15;1-6-7-17-8-12(9-18-13(16)11(2)3)20-19-10-14(4,5)15;1-8(2)10(14)15-5-9(13)6-16-17-7-11(3,4)12/h1,8-11H2,2-7H3;12H,1,7-10H2,2-6H3;11-13,17H,1,5-9H2,2-4H3;2*5-8H,1,9H2,2-4H3,(H,16,17);6,12H,1-2,7-10H2,3-5H3;9,13H,1,5-7H2,2-4H3. The number of carbonyl (C=O) groups is 7. The predicted molar refractivity (Wildman–Crippen MR) is 583 cm³/mol. The van der Waals surface area contributed by atoms with E-state index in [4.69, 9.17) is 116 Å². The number of hydrogen-bond donors (Lipinski definition) is 4. The Bertz CT molecular complexity index is 3980. The Morgan fingerprint density at radius 3 is 1.01 bits per heavy atom. The van der Waals surface area contributed by atoms with Crippen molar-refractivity contribution in [1.29, 1.82) is 0 Å². The molecule has 0 bridgehead atoms. The van der Waals surface area contributed by atoms with Gasteiger partial charge < -0.3 is 59.0 Å². The molecule has 0 aliphatic heterocycles. The first-order valence-electron chi connectivity index (χ1n) is 44.9. The zero-order valence-electron chi connectivity index (χ0n) is 87.8. The van der Waals surface area contributed by atoms with Gasteiger partial charge in [0.1, 0.15) is 71.7 Å². The summed E-state index contributed by atoms with van der Waals surface area (Å²) in [5.74, 6) is -1.51. The summed E-state index contributed by atoms with van der Waals surface area (Å²) in [6, 6.07) is 13.8. The molecule has 2 aromatic carbocycles. The van der Waals surface area contributed by atoms with Crippen molar-refractivity contribution < 1.29 is 160 Å². The highest BCUT2D eigenvalue weighted by molar-refractivity contribution is 9.11. The number of hydrogen-bond acceptors (Lipinski definition) is 33. The SMILES string of the molecule is C=C(C)C(=O)Nc1ccc(OOCC(C)(C)Br)cc1.C=C(C)C(=O)Nc1ccc(OOCC(C)(C)Br)cc1.C=C(C)C(=O)OC1CCC(COOCC(C)(C)Br)CC1O.C=C(C)C(=O)OCC(C)(COOCC(C)(C)Br)OOCC(C)(C)Br.C=C(C)C(=O)OCC(COOCC(C)(C)Br)OOCC(C)(C)Br.C=C(C)C(=O)OCC(O)COOCC(C)(C)Br.C=CCOCC(COC(=O)C(=C)C)OOCC(C)(C)Br. The number of amides is 2. The Kier molecular flexibility index (Phi) is 76.6. The highest BCUT2D eigenvalue weighted by Gasteiger charge is 2.35. The average Bonchev–Trinajstić information content (AvgIpc) is 0.839. The first kappa shape index (κ1) is 145. The van der Waals surface area contributed by atoms with Crippen LogP contribution in [0, 0.1) is 5.92 Å². The minimum Gasteiger partial charge on any atom is -0.460 e. The molecule has 0 spiro atoms. The fourth-order valence-electron chi connectivity index (χ4n) is 7.86. The van der Waals surface area contributed by atoms with Gasteiger partial charge in [0.05, 0.1) is 72.2 Å². The molecule has 0 radical (unpaired) electrons. The maximum atomic E-state index is 11.6. The topological polar surface area (TPSA) is 406 Å². The number of carbonyl (C=O) groups excluding carboxylic acids is 7. The number of nitrogens with one attached hydrogen (secondary N) is 2. The molecule has 143 heavy (non-hydrogen) atoms. The average molecular weight is 2620 g/mol. The number of aliphatic hydroxyl groups excluding tert-OH is 2. The van der Waals surface area contributed by atoms with E-state index in [2.05, 4.69) is 207 Å². The molecule has 1 aliphatic carbocycles. The first-order chi connectivity index (χ1) is 65.4. The molecule has 44 heteroatoms. The summed E-state index contributed by atoms with van der Waals surface area (Å²) in [5.41, 5.74) is 2.84. The van der Waals surface area contributed by atoms with E-state index < -0.39 is 66.0 Å². The molecule has 1 fully saturated rings. The minimum atomic E-state index is -1.03. The van der Waals surface area contributed by atoms with E-state index >= 15 is 0 Å². The van der Waals surface area contributed by atoms with Gasteiger partial charge in [0.25, 0.3) is 11.8 Å². The highest BCUT2D eigenvalue weighted by atomic mass is 79.9. The number of aliphatic hydroxyl groups is 2. The lowest BCUT2D eigenvalue weighted by Gasteiger charge is -2.32. The Balaban J connectivity index is -0.000000790. The number of halogens is 9. The van der Waals surface area contributed by atoms with Crippen molar-refractivity contribution in [2.45, 2.75) is 274 Å². The molecule has 0 heterocycles. The molecule has 2 aromatic rings. The maximum absolute atomic E-state index is 11.6. The van der Waals surface area contributed by atoms with Gasteiger partial charge in [0, 0.05) is 89.3 Å². The lowest BCUT2D eigenvalue weighted by atomic mass is 9.86. The third kappa shape index (κ3) is 94.7. The van der Waals surface area contributed by atoms with Crippen LogP contribution in [-0.4, -0.2) is 252 Å². The van der Waals surface area contributed by atoms with Gasteiger partial charge >= 0.3 is 29.8 Å². The third-order valence-corrected chi connectivity index (χ3v) is 17.3. The number of benzene rings is 2. The molecule has 0 saturated heterocycles. The summed E-state index contributed by atoms with van der Waals surface area (Å²) in [6.45, 7) is 80.3.